The van der Waals surface area contributed by atoms with E-state index in [0.29, 0.717) is 30.9 Å². The van der Waals surface area contributed by atoms with Crippen molar-refractivity contribution in [3.05, 3.63) is 23.8 Å². The van der Waals surface area contributed by atoms with Crippen LogP contribution in [0.15, 0.2) is 18.2 Å². The van der Waals surface area contributed by atoms with E-state index in [2.05, 4.69) is 5.32 Å². The molecule has 0 unspecified atom stereocenters. The van der Waals surface area contributed by atoms with E-state index in [1.165, 1.54) is 0 Å². The minimum absolute atomic E-state index is 0.0433. The number of ether oxygens (including phenoxy) is 2. The Hall–Kier alpha value is -2.24. The van der Waals surface area contributed by atoms with E-state index in [1.54, 1.807) is 25.2 Å². The van der Waals surface area contributed by atoms with Gasteiger partial charge in [-0.25, -0.2) is 0 Å². The summed E-state index contributed by atoms with van der Waals surface area (Å²) in [6, 6.07) is 5.63. The number of rotatable bonds is 9. The number of amides is 2. The van der Waals surface area contributed by atoms with Crippen LogP contribution in [0.5, 0.6) is 11.5 Å². The van der Waals surface area contributed by atoms with Crippen LogP contribution in [0.3, 0.4) is 0 Å². The molecule has 1 N–H and O–H groups in total. The molecule has 0 aliphatic rings. The third kappa shape index (κ3) is 6.48. The highest BCUT2D eigenvalue weighted by atomic mass is 16.5. The van der Waals surface area contributed by atoms with Gasteiger partial charge in [-0.3, -0.25) is 9.59 Å². The van der Waals surface area contributed by atoms with Crippen LogP contribution < -0.4 is 14.8 Å². The summed E-state index contributed by atoms with van der Waals surface area (Å²) in [5.41, 5.74) is 0.960. The fourth-order valence-corrected chi connectivity index (χ4v) is 2.34. The molecule has 0 atom stereocenters. The Morgan fingerprint density at radius 2 is 1.71 bits per heavy atom. The van der Waals surface area contributed by atoms with Crippen molar-refractivity contribution in [1.82, 2.24) is 10.2 Å². The Labute approximate surface area is 144 Å². The monoisotopic (exact) mass is 336 g/mol. The average Bonchev–Trinajstić information content (AvgIpc) is 2.56. The molecule has 1 aromatic rings. The Bertz CT molecular complexity index is 536. The Morgan fingerprint density at radius 1 is 1.12 bits per heavy atom. The summed E-state index contributed by atoms with van der Waals surface area (Å²) < 4.78 is 10.5. The van der Waals surface area contributed by atoms with Crippen molar-refractivity contribution < 1.29 is 19.1 Å². The van der Waals surface area contributed by atoms with Gasteiger partial charge in [-0.1, -0.05) is 0 Å². The molecule has 24 heavy (non-hydrogen) atoms. The number of hydrogen-bond donors (Lipinski definition) is 1. The third-order valence-electron chi connectivity index (χ3n) is 3.56. The quantitative estimate of drug-likeness (QED) is 0.749. The van der Waals surface area contributed by atoms with Gasteiger partial charge < -0.3 is 19.7 Å². The first-order chi connectivity index (χ1) is 11.4. The molecular weight excluding hydrogens is 308 g/mol. The first-order valence-corrected chi connectivity index (χ1v) is 8.18. The molecule has 0 radical (unpaired) electrons. The topological polar surface area (TPSA) is 67.9 Å². The molecule has 6 heteroatoms. The first kappa shape index (κ1) is 19.8. The van der Waals surface area contributed by atoms with E-state index in [1.807, 2.05) is 32.9 Å². The van der Waals surface area contributed by atoms with Crippen LogP contribution >= 0.6 is 0 Å². The fourth-order valence-electron chi connectivity index (χ4n) is 2.34. The Kier molecular flexibility index (Phi) is 8.09. The largest absolute Gasteiger partial charge is 0.497 e. The van der Waals surface area contributed by atoms with Crippen molar-refractivity contribution in [2.45, 2.75) is 39.7 Å². The number of likely N-dealkylation sites (N-methyl/N-ethyl adjacent to an activating group) is 1. The maximum Gasteiger partial charge on any atom is 0.239 e. The van der Waals surface area contributed by atoms with E-state index in [9.17, 15) is 9.59 Å². The smallest absolute Gasteiger partial charge is 0.239 e. The highest BCUT2D eigenvalue weighted by Gasteiger charge is 2.16. The van der Waals surface area contributed by atoms with E-state index in [-0.39, 0.29) is 24.4 Å². The second-order valence-corrected chi connectivity index (χ2v) is 5.85. The molecule has 134 valence electrons. The molecule has 0 saturated carbocycles. The highest BCUT2D eigenvalue weighted by molar-refractivity contribution is 5.85. The van der Waals surface area contributed by atoms with E-state index in [4.69, 9.17) is 9.47 Å². The van der Waals surface area contributed by atoms with Gasteiger partial charge in [0.25, 0.3) is 0 Å². The lowest BCUT2D eigenvalue weighted by atomic mass is 10.1. The molecule has 0 aromatic heterocycles. The van der Waals surface area contributed by atoms with Crippen LogP contribution in [0.2, 0.25) is 0 Å². The second kappa shape index (κ2) is 9.80. The highest BCUT2D eigenvalue weighted by Crippen LogP contribution is 2.23. The predicted molar refractivity (Wildman–Crippen MR) is 93.4 cm³/mol. The van der Waals surface area contributed by atoms with Crippen LogP contribution in [0, 0.1) is 0 Å². The maximum atomic E-state index is 12.4. The summed E-state index contributed by atoms with van der Waals surface area (Å²) in [6.45, 7) is 6.26. The van der Waals surface area contributed by atoms with Gasteiger partial charge in [0, 0.05) is 25.1 Å². The zero-order valence-electron chi connectivity index (χ0n) is 15.2. The molecule has 0 aliphatic heterocycles. The van der Waals surface area contributed by atoms with Crippen molar-refractivity contribution in [2.75, 3.05) is 27.3 Å². The zero-order chi connectivity index (χ0) is 18.1. The lowest BCUT2D eigenvalue weighted by molar-refractivity contribution is -0.136. The summed E-state index contributed by atoms with van der Waals surface area (Å²) in [7, 11) is 3.19. The van der Waals surface area contributed by atoms with Gasteiger partial charge >= 0.3 is 0 Å². The van der Waals surface area contributed by atoms with Gasteiger partial charge in [0.05, 0.1) is 20.8 Å². The normalized spacial score (nSPS) is 10.4. The van der Waals surface area contributed by atoms with Gasteiger partial charge in [0.2, 0.25) is 11.8 Å². The number of benzene rings is 1. The van der Waals surface area contributed by atoms with Crippen LogP contribution in [0.4, 0.5) is 0 Å². The van der Waals surface area contributed by atoms with Crippen molar-refractivity contribution in [1.29, 1.82) is 0 Å². The SMILES string of the molecule is CCN(CC(=O)NC(C)C)C(=O)CCc1cc(OC)cc(OC)c1. The van der Waals surface area contributed by atoms with Crippen molar-refractivity contribution in [3.8, 4) is 11.5 Å². The summed E-state index contributed by atoms with van der Waals surface area (Å²) >= 11 is 0. The third-order valence-corrected chi connectivity index (χ3v) is 3.56. The number of methoxy groups -OCH3 is 2. The van der Waals surface area contributed by atoms with E-state index < -0.39 is 0 Å². The minimum Gasteiger partial charge on any atom is -0.497 e. The number of nitrogens with zero attached hydrogens (tertiary/aromatic N) is 1. The molecule has 0 saturated heterocycles. The number of carbonyl (C=O) groups is 2. The molecule has 0 heterocycles. The summed E-state index contributed by atoms with van der Waals surface area (Å²) in [5, 5.41) is 2.80. The van der Waals surface area contributed by atoms with Gasteiger partial charge in [-0.2, -0.15) is 0 Å². The lowest BCUT2D eigenvalue weighted by Crippen LogP contribution is -2.42. The van der Waals surface area contributed by atoms with Gasteiger partial charge in [-0.05, 0) is 44.9 Å². The number of aryl methyl sites for hydroxylation is 1. The second-order valence-electron chi connectivity index (χ2n) is 5.85. The number of carbonyl (C=O) groups excluding carboxylic acids is 2. The fraction of sp³-hybridized carbons (Fsp3) is 0.556. The van der Waals surface area contributed by atoms with Crippen LogP contribution in [-0.4, -0.2) is 50.1 Å². The van der Waals surface area contributed by atoms with Crippen LogP contribution in [-0.2, 0) is 16.0 Å². The maximum absolute atomic E-state index is 12.4. The number of nitrogens with one attached hydrogen (secondary N) is 1. The Morgan fingerprint density at radius 3 is 2.17 bits per heavy atom. The van der Waals surface area contributed by atoms with Gasteiger partial charge in [0.15, 0.2) is 0 Å². The average molecular weight is 336 g/mol. The van der Waals surface area contributed by atoms with E-state index >= 15 is 0 Å². The van der Waals surface area contributed by atoms with E-state index in [0.717, 1.165) is 5.56 Å². The standard InChI is InChI=1S/C18H28N2O4/c1-6-20(12-17(21)19-13(2)3)18(22)8-7-14-9-15(23-4)11-16(10-14)24-5/h9-11,13H,6-8,12H2,1-5H3,(H,19,21). The molecule has 0 aliphatic carbocycles. The predicted octanol–water partition coefficient (Wildman–Crippen LogP) is 2.01. The van der Waals surface area contributed by atoms with Crippen LogP contribution in [0.25, 0.3) is 0 Å². The Balaban J connectivity index is 2.64. The summed E-state index contributed by atoms with van der Waals surface area (Å²) in [5.74, 6) is 1.21. The molecule has 0 spiro atoms. The molecular formula is C18H28N2O4. The van der Waals surface area contributed by atoms with Crippen molar-refractivity contribution in [3.63, 3.8) is 0 Å². The summed E-state index contributed by atoms with van der Waals surface area (Å²) in [4.78, 5) is 25.8. The molecule has 2 amide bonds. The minimum atomic E-state index is -0.136. The summed E-state index contributed by atoms with van der Waals surface area (Å²) in [6.07, 6.45) is 0.897. The molecule has 0 bridgehead atoms. The van der Waals surface area contributed by atoms with Crippen molar-refractivity contribution in [2.24, 2.45) is 0 Å². The van der Waals surface area contributed by atoms with Gasteiger partial charge in [0.1, 0.15) is 11.5 Å². The van der Waals surface area contributed by atoms with Crippen LogP contribution in [0.1, 0.15) is 32.8 Å². The molecule has 6 nitrogen and oxygen atoms in total. The lowest BCUT2D eigenvalue weighted by Gasteiger charge is -2.21. The molecule has 1 aromatic carbocycles. The number of hydrogen-bond acceptors (Lipinski definition) is 4. The molecule has 1 rings (SSSR count). The van der Waals surface area contributed by atoms with Gasteiger partial charge in [-0.15, -0.1) is 0 Å². The zero-order valence-corrected chi connectivity index (χ0v) is 15.2. The first-order valence-electron chi connectivity index (χ1n) is 8.18. The van der Waals surface area contributed by atoms with Crippen molar-refractivity contribution >= 4 is 11.8 Å². The molecule has 0 fully saturated rings.